The van der Waals surface area contributed by atoms with Gasteiger partial charge < -0.3 is 0 Å². The van der Waals surface area contributed by atoms with Crippen LogP contribution in [-0.2, 0) is 12.8 Å². The summed E-state index contributed by atoms with van der Waals surface area (Å²) in [5, 5.41) is 4.68. The summed E-state index contributed by atoms with van der Waals surface area (Å²) in [6, 6.07) is 2.88. The Kier molecular flexibility index (Phi) is 2.62. The molecule has 0 bridgehead atoms. The lowest BCUT2D eigenvalue weighted by atomic mass is 10.2. The van der Waals surface area contributed by atoms with E-state index >= 15 is 0 Å². The van der Waals surface area contributed by atoms with Crippen LogP contribution in [0.5, 0.6) is 0 Å². The molecular formula is C12H20N2. The van der Waals surface area contributed by atoms with Crippen molar-refractivity contribution in [3.8, 4) is 0 Å². The molecular weight excluding hydrogens is 172 g/mol. The number of aromatic nitrogens is 2. The molecule has 1 saturated carbocycles. The number of aryl methyl sites for hydroxylation is 2. The third-order valence-corrected chi connectivity index (χ3v) is 3.28. The van der Waals surface area contributed by atoms with Gasteiger partial charge in [0.25, 0.3) is 0 Å². The van der Waals surface area contributed by atoms with Crippen LogP contribution in [0.25, 0.3) is 0 Å². The minimum atomic E-state index is 0.616. The molecule has 1 aliphatic carbocycles. The molecule has 78 valence electrons. The standard InChI is InChI=1S/C12H20N2/c1-4-11-8-12(5-2)14(13-11)9(3)10-6-7-10/h8-10H,4-7H2,1-3H3. The largest absolute Gasteiger partial charge is 0.266 e. The van der Waals surface area contributed by atoms with Crippen molar-refractivity contribution in [3.63, 3.8) is 0 Å². The number of nitrogens with zero attached hydrogens (tertiary/aromatic N) is 2. The molecule has 0 amide bonds. The van der Waals surface area contributed by atoms with Gasteiger partial charge in [-0.3, -0.25) is 4.68 Å². The van der Waals surface area contributed by atoms with Crippen LogP contribution in [0.1, 0.15) is 51.0 Å². The van der Waals surface area contributed by atoms with Gasteiger partial charge in [-0.1, -0.05) is 13.8 Å². The second-order valence-corrected chi connectivity index (χ2v) is 4.36. The zero-order valence-electron chi connectivity index (χ0n) is 9.45. The van der Waals surface area contributed by atoms with Crippen LogP contribution >= 0.6 is 0 Å². The van der Waals surface area contributed by atoms with Gasteiger partial charge in [0.2, 0.25) is 0 Å². The number of hydrogen-bond donors (Lipinski definition) is 0. The second kappa shape index (κ2) is 3.76. The summed E-state index contributed by atoms with van der Waals surface area (Å²) in [5.41, 5.74) is 2.65. The average molecular weight is 192 g/mol. The summed E-state index contributed by atoms with van der Waals surface area (Å²) in [4.78, 5) is 0. The Morgan fingerprint density at radius 2 is 2.14 bits per heavy atom. The maximum atomic E-state index is 4.68. The molecule has 0 aliphatic heterocycles. The van der Waals surface area contributed by atoms with E-state index in [0.29, 0.717) is 6.04 Å². The van der Waals surface area contributed by atoms with Gasteiger partial charge in [0, 0.05) is 5.69 Å². The summed E-state index contributed by atoms with van der Waals surface area (Å²) >= 11 is 0. The fourth-order valence-electron chi connectivity index (χ4n) is 2.06. The fraction of sp³-hybridized carbons (Fsp3) is 0.750. The number of rotatable bonds is 4. The third kappa shape index (κ3) is 1.70. The van der Waals surface area contributed by atoms with E-state index in [1.165, 1.54) is 24.2 Å². The van der Waals surface area contributed by atoms with E-state index in [1.807, 2.05) is 0 Å². The van der Waals surface area contributed by atoms with Crippen molar-refractivity contribution < 1.29 is 0 Å². The summed E-state index contributed by atoms with van der Waals surface area (Å²) in [7, 11) is 0. The van der Waals surface area contributed by atoms with Crippen LogP contribution < -0.4 is 0 Å². The van der Waals surface area contributed by atoms with Gasteiger partial charge in [-0.05, 0) is 44.6 Å². The molecule has 2 nitrogen and oxygen atoms in total. The Bertz CT molecular complexity index is 310. The van der Waals surface area contributed by atoms with E-state index in [4.69, 9.17) is 0 Å². The van der Waals surface area contributed by atoms with Crippen LogP contribution in [0, 0.1) is 5.92 Å². The van der Waals surface area contributed by atoms with Gasteiger partial charge in [0.05, 0.1) is 11.7 Å². The normalized spacial score (nSPS) is 18.5. The molecule has 1 fully saturated rings. The Morgan fingerprint density at radius 1 is 1.43 bits per heavy atom. The van der Waals surface area contributed by atoms with Crippen LogP contribution in [0.15, 0.2) is 6.07 Å². The fourth-order valence-corrected chi connectivity index (χ4v) is 2.06. The first kappa shape index (κ1) is 9.75. The molecule has 1 aromatic rings. The predicted octanol–water partition coefficient (Wildman–Crippen LogP) is 2.98. The van der Waals surface area contributed by atoms with Crippen LogP contribution in [-0.4, -0.2) is 9.78 Å². The van der Waals surface area contributed by atoms with Gasteiger partial charge >= 0.3 is 0 Å². The SMILES string of the molecule is CCc1cc(CC)n(C(C)C2CC2)n1. The first-order valence-electron chi connectivity index (χ1n) is 5.83. The van der Waals surface area contributed by atoms with Crippen molar-refractivity contribution >= 4 is 0 Å². The Morgan fingerprint density at radius 3 is 2.64 bits per heavy atom. The monoisotopic (exact) mass is 192 g/mol. The molecule has 0 aromatic carbocycles. The molecule has 0 saturated heterocycles. The first-order chi connectivity index (χ1) is 6.76. The van der Waals surface area contributed by atoms with Crippen LogP contribution in [0.3, 0.4) is 0 Å². The van der Waals surface area contributed by atoms with Crippen molar-refractivity contribution in [1.29, 1.82) is 0 Å². The van der Waals surface area contributed by atoms with Gasteiger partial charge in [-0.25, -0.2) is 0 Å². The summed E-state index contributed by atoms with van der Waals surface area (Å²) in [5.74, 6) is 0.893. The second-order valence-electron chi connectivity index (χ2n) is 4.36. The molecule has 2 heteroatoms. The molecule has 1 heterocycles. The van der Waals surface area contributed by atoms with Gasteiger partial charge in [0.1, 0.15) is 0 Å². The quantitative estimate of drug-likeness (QED) is 0.717. The van der Waals surface area contributed by atoms with Crippen molar-refractivity contribution in [2.24, 2.45) is 5.92 Å². The molecule has 1 unspecified atom stereocenters. The van der Waals surface area contributed by atoms with E-state index in [1.54, 1.807) is 0 Å². The average Bonchev–Trinajstić information content (AvgIpc) is 2.96. The lowest BCUT2D eigenvalue weighted by Gasteiger charge is -2.13. The maximum Gasteiger partial charge on any atom is 0.0624 e. The van der Waals surface area contributed by atoms with Gasteiger partial charge in [-0.15, -0.1) is 0 Å². The van der Waals surface area contributed by atoms with Gasteiger partial charge in [0.15, 0.2) is 0 Å². The molecule has 1 aromatic heterocycles. The number of hydrogen-bond acceptors (Lipinski definition) is 1. The highest BCUT2D eigenvalue weighted by Crippen LogP contribution is 2.39. The lowest BCUT2D eigenvalue weighted by Crippen LogP contribution is -2.12. The Labute approximate surface area is 86.3 Å². The highest BCUT2D eigenvalue weighted by atomic mass is 15.3. The topological polar surface area (TPSA) is 17.8 Å². The molecule has 0 N–H and O–H groups in total. The Hall–Kier alpha value is -0.790. The van der Waals surface area contributed by atoms with E-state index in [2.05, 4.69) is 36.6 Å². The molecule has 0 radical (unpaired) electrons. The van der Waals surface area contributed by atoms with Crippen molar-refractivity contribution in [1.82, 2.24) is 9.78 Å². The van der Waals surface area contributed by atoms with Crippen molar-refractivity contribution in [3.05, 3.63) is 17.5 Å². The van der Waals surface area contributed by atoms with E-state index in [0.717, 1.165) is 18.8 Å². The smallest absolute Gasteiger partial charge is 0.0624 e. The van der Waals surface area contributed by atoms with E-state index < -0.39 is 0 Å². The zero-order valence-corrected chi connectivity index (χ0v) is 9.45. The highest BCUT2D eigenvalue weighted by molar-refractivity contribution is 5.11. The van der Waals surface area contributed by atoms with E-state index in [-0.39, 0.29) is 0 Å². The third-order valence-electron chi connectivity index (χ3n) is 3.28. The Balaban J connectivity index is 2.24. The zero-order chi connectivity index (χ0) is 10.1. The summed E-state index contributed by atoms with van der Waals surface area (Å²) < 4.78 is 2.26. The van der Waals surface area contributed by atoms with Crippen molar-refractivity contribution in [2.75, 3.05) is 0 Å². The lowest BCUT2D eigenvalue weighted by molar-refractivity contribution is 0.424. The minimum Gasteiger partial charge on any atom is -0.266 e. The van der Waals surface area contributed by atoms with Crippen LogP contribution in [0.2, 0.25) is 0 Å². The van der Waals surface area contributed by atoms with Crippen LogP contribution in [0.4, 0.5) is 0 Å². The molecule has 1 aliphatic rings. The maximum absolute atomic E-state index is 4.68. The minimum absolute atomic E-state index is 0.616. The predicted molar refractivity (Wildman–Crippen MR) is 58.4 cm³/mol. The highest BCUT2D eigenvalue weighted by Gasteiger charge is 2.30. The molecule has 1 atom stereocenters. The summed E-state index contributed by atoms with van der Waals surface area (Å²) in [6.07, 6.45) is 4.94. The van der Waals surface area contributed by atoms with E-state index in [9.17, 15) is 0 Å². The molecule has 0 spiro atoms. The molecule has 2 rings (SSSR count). The summed E-state index contributed by atoms with van der Waals surface area (Å²) in [6.45, 7) is 6.70. The van der Waals surface area contributed by atoms with Crippen molar-refractivity contribution in [2.45, 2.75) is 52.5 Å². The molecule has 14 heavy (non-hydrogen) atoms. The van der Waals surface area contributed by atoms with Gasteiger partial charge in [-0.2, -0.15) is 5.10 Å². The first-order valence-corrected chi connectivity index (χ1v) is 5.83.